The smallest absolute Gasteiger partial charge is 0.137 e. The van der Waals surface area contributed by atoms with Crippen molar-refractivity contribution < 1.29 is 0 Å². The highest BCUT2D eigenvalue weighted by Crippen LogP contribution is 2.38. The summed E-state index contributed by atoms with van der Waals surface area (Å²) in [6.45, 7) is 3.27. The van der Waals surface area contributed by atoms with Crippen molar-refractivity contribution in [2.24, 2.45) is 5.92 Å². The number of hydrogen-bond donors (Lipinski definition) is 1. The number of nitrogens with two attached hydrogens (primary N) is 1. The van der Waals surface area contributed by atoms with Crippen LogP contribution in [0.3, 0.4) is 0 Å². The van der Waals surface area contributed by atoms with Crippen molar-refractivity contribution in [3.63, 3.8) is 0 Å². The second-order valence-electron chi connectivity index (χ2n) is 5.86. The number of rotatable bonds is 2. The molecule has 2 N–H and O–H groups in total. The molecule has 3 rings (SSSR count). The van der Waals surface area contributed by atoms with E-state index in [2.05, 4.69) is 21.8 Å². The van der Waals surface area contributed by atoms with Gasteiger partial charge in [0.05, 0.1) is 0 Å². The van der Waals surface area contributed by atoms with Crippen molar-refractivity contribution in [2.45, 2.75) is 57.9 Å². The summed E-state index contributed by atoms with van der Waals surface area (Å²) >= 11 is 0. The number of aromatic nitrogens is 2. The molecule has 2 heterocycles. The van der Waals surface area contributed by atoms with Crippen LogP contribution in [0.5, 0.6) is 0 Å². The first-order valence-corrected chi connectivity index (χ1v) is 7.67. The zero-order valence-electron chi connectivity index (χ0n) is 11.8. The Labute approximate surface area is 115 Å². The molecule has 4 nitrogen and oxygen atoms in total. The molecule has 1 saturated carbocycles. The molecule has 19 heavy (non-hydrogen) atoms. The Balaban J connectivity index is 1.94. The van der Waals surface area contributed by atoms with E-state index in [0.717, 1.165) is 30.3 Å². The summed E-state index contributed by atoms with van der Waals surface area (Å²) in [7, 11) is 0. The normalized spacial score (nSPS) is 27.1. The molecule has 2 atom stereocenters. The summed E-state index contributed by atoms with van der Waals surface area (Å²) < 4.78 is 0. The van der Waals surface area contributed by atoms with Crippen LogP contribution in [0.1, 0.15) is 51.0 Å². The minimum absolute atomic E-state index is 0.658. The van der Waals surface area contributed by atoms with Crippen molar-refractivity contribution in [3.05, 3.63) is 11.9 Å². The number of anilines is 2. The number of piperidine rings is 1. The third-order valence-corrected chi connectivity index (χ3v) is 4.82. The molecule has 0 bridgehead atoms. The van der Waals surface area contributed by atoms with E-state index in [0.29, 0.717) is 11.9 Å². The summed E-state index contributed by atoms with van der Waals surface area (Å²) in [6, 6.07) is 0.683. The minimum Gasteiger partial charge on any atom is -0.383 e. The molecule has 0 aromatic carbocycles. The maximum atomic E-state index is 6.03. The third kappa shape index (κ3) is 2.28. The van der Waals surface area contributed by atoms with Gasteiger partial charge in [0.2, 0.25) is 0 Å². The van der Waals surface area contributed by atoms with Gasteiger partial charge >= 0.3 is 0 Å². The van der Waals surface area contributed by atoms with Crippen LogP contribution in [0.4, 0.5) is 11.6 Å². The van der Waals surface area contributed by atoms with Crippen molar-refractivity contribution in [1.82, 2.24) is 9.97 Å². The molecule has 1 aliphatic heterocycles. The van der Waals surface area contributed by atoms with Crippen molar-refractivity contribution >= 4 is 11.6 Å². The van der Waals surface area contributed by atoms with E-state index in [1.165, 1.54) is 38.5 Å². The van der Waals surface area contributed by atoms with E-state index >= 15 is 0 Å². The second kappa shape index (κ2) is 5.35. The average Bonchev–Trinajstić information content (AvgIpc) is 2.46. The molecule has 1 aromatic rings. The molecule has 104 valence electrons. The Kier molecular flexibility index (Phi) is 3.58. The van der Waals surface area contributed by atoms with Crippen molar-refractivity contribution in [2.75, 3.05) is 17.2 Å². The first kappa shape index (κ1) is 12.7. The predicted octanol–water partition coefficient (Wildman–Crippen LogP) is 2.78. The van der Waals surface area contributed by atoms with Crippen LogP contribution in [0.15, 0.2) is 6.33 Å². The highest BCUT2D eigenvalue weighted by Gasteiger charge is 2.34. The Bertz CT molecular complexity index is 444. The van der Waals surface area contributed by atoms with Crippen LogP contribution < -0.4 is 10.6 Å². The van der Waals surface area contributed by atoms with E-state index in [9.17, 15) is 0 Å². The molecule has 2 fully saturated rings. The lowest BCUT2D eigenvalue weighted by molar-refractivity contribution is 0.242. The molecule has 0 unspecified atom stereocenters. The van der Waals surface area contributed by atoms with Gasteiger partial charge in [-0.05, 0) is 38.0 Å². The first-order chi connectivity index (χ1) is 9.31. The molecule has 1 aliphatic carbocycles. The summed E-state index contributed by atoms with van der Waals surface area (Å²) in [5, 5.41) is 0. The van der Waals surface area contributed by atoms with Crippen LogP contribution in [0.25, 0.3) is 0 Å². The molecule has 2 aliphatic rings. The third-order valence-electron chi connectivity index (χ3n) is 4.82. The molecule has 0 amide bonds. The van der Waals surface area contributed by atoms with E-state index in [1.807, 2.05) is 0 Å². The summed E-state index contributed by atoms with van der Waals surface area (Å²) in [5.41, 5.74) is 7.16. The van der Waals surface area contributed by atoms with E-state index in [4.69, 9.17) is 5.73 Å². The molecule has 4 heteroatoms. The van der Waals surface area contributed by atoms with Gasteiger partial charge in [-0.15, -0.1) is 0 Å². The van der Waals surface area contributed by atoms with Crippen LogP contribution in [-0.4, -0.2) is 22.6 Å². The fourth-order valence-electron chi connectivity index (χ4n) is 3.89. The Morgan fingerprint density at radius 2 is 2.00 bits per heavy atom. The van der Waals surface area contributed by atoms with Crippen LogP contribution in [-0.2, 0) is 6.42 Å². The highest BCUT2D eigenvalue weighted by atomic mass is 15.2. The number of hydrogen-bond acceptors (Lipinski definition) is 4. The van der Waals surface area contributed by atoms with Crippen LogP contribution in [0, 0.1) is 5.92 Å². The number of nitrogen functional groups attached to an aromatic ring is 1. The molecular weight excluding hydrogens is 236 g/mol. The summed E-state index contributed by atoms with van der Waals surface area (Å²) in [4.78, 5) is 11.2. The molecule has 0 spiro atoms. The van der Waals surface area contributed by atoms with E-state index in [1.54, 1.807) is 6.33 Å². The van der Waals surface area contributed by atoms with Gasteiger partial charge in [0.15, 0.2) is 0 Å². The van der Waals surface area contributed by atoms with Gasteiger partial charge < -0.3 is 10.6 Å². The molecule has 1 saturated heterocycles. The summed E-state index contributed by atoms with van der Waals surface area (Å²) in [6.07, 6.45) is 10.7. The Morgan fingerprint density at radius 1 is 1.21 bits per heavy atom. The first-order valence-electron chi connectivity index (χ1n) is 7.67. The van der Waals surface area contributed by atoms with Gasteiger partial charge in [-0.1, -0.05) is 19.8 Å². The lowest BCUT2D eigenvalue weighted by Crippen LogP contribution is -2.47. The van der Waals surface area contributed by atoms with E-state index in [-0.39, 0.29) is 0 Å². The van der Waals surface area contributed by atoms with Crippen molar-refractivity contribution in [1.29, 1.82) is 0 Å². The monoisotopic (exact) mass is 260 g/mol. The largest absolute Gasteiger partial charge is 0.383 e. The second-order valence-corrected chi connectivity index (χ2v) is 5.86. The Morgan fingerprint density at radius 3 is 2.84 bits per heavy atom. The standard InChI is InChI=1S/C15H24N4/c1-2-12-14(16)17-10-18-15(12)19-9-5-7-11-6-3-4-8-13(11)19/h10-11,13H,2-9H2,1H3,(H2,16,17,18)/t11-,13-/m1/s1. The van der Waals surface area contributed by atoms with Gasteiger partial charge in [-0.2, -0.15) is 0 Å². The van der Waals surface area contributed by atoms with E-state index < -0.39 is 0 Å². The quantitative estimate of drug-likeness (QED) is 0.888. The zero-order valence-corrected chi connectivity index (χ0v) is 11.8. The SMILES string of the molecule is CCc1c(N)ncnc1N1CCC[C@H]2CCCC[C@H]21. The maximum absolute atomic E-state index is 6.03. The molecular formula is C15H24N4. The zero-order chi connectivity index (χ0) is 13.2. The van der Waals surface area contributed by atoms with Gasteiger partial charge in [-0.25, -0.2) is 9.97 Å². The molecule has 1 aromatic heterocycles. The van der Waals surface area contributed by atoms with Crippen LogP contribution >= 0.6 is 0 Å². The van der Waals surface area contributed by atoms with Crippen molar-refractivity contribution in [3.8, 4) is 0 Å². The maximum Gasteiger partial charge on any atom is 0.137 e. The average molecular weight is 260 g/mol. The predicted molar refractivity (Wildman–Crippen MR) is 78.1 cm³/mol. The Hall–Kier alpha value is -1.32. The number of fused-ring (bicyclic) bond motifs is 1. The highest BCUT2D eigenvalue weighted by molar-refractivity contribution is 5.57. The summed E-state index contributed by atoms with van der Waals surface area (Å²) in [5.74, 6) is 2.63. The minimum atomic E-state index is 0.658. The van der Waals surface area contributed by atoms with Gasteiger partial charge in [0.1, 0.15) is 18.0 Å². The fourth-order valence-corrected chi connectivity index (χ4v) is 3.89. The lowest BCUT2D eigenvalue weighted by Gasteiger charge is -2.45. The van der Waals surface area contributed by atoms with Gasteiger partial charge in [0.25, 0.3) is 0 Å². The number of nitrogens with zero attached hydrogens (tertiary/aromatic N) is 3. The lowest BCUT2D eigenvalue weighted by atomic mass is 9.78. The molecule has 0 radical (unpaired) electrons. The van der Waals surface area contributed by atoms with Gasteiger partial charge in [0, 0.05) is 18.2 Å². The topological polar surface area (TPSA) is 55.0 Å². The van der Waals surface area contributed by atoms with Crippen LogP contribution in [0.2, 0.25) is 0 Å². The van der Waals surface area contributed by atoms with Gasteiger partial charge in [-0.3, -0.25) is 0 Å². The fraction of sp³-hybridized carbons (Fsp3) is 0.733.